The molecule has 0 radical (unpaired) electrons. The predicted octanol–water partition coefficient (Wildman–Crippen LogP) is 5.22. The number of aryl methyl sites for hydroxylation is 1. The number of amides is 1. The van der Waals surface area contributed by atoms with E-state index in [4.69, 9.17) is 0 Å². The number of nitrogens with zero attached hydrogens (tertiary/aromatic N) is 2. The maximum absolute atomic E-state index is 12.8. The molecule has 30 heavy (non-hydrogen) atoms. The van der Waals surface area contributed by atoms with Crippen LogP contribution in [0, 0.1) is 0 Å². The number of fused-ring (bicyclic) bond motifs is 4. The number of para-hydroxylation sites is 2. The number of aromatic nitrogens is 2. The number of rotatable bonds is 5. The van der Waals surface area contributed by atoms with E-state index in [1.54, 1.807) is 6.20 Å². The normalized spacial score (nSPS) is 11.4. The molecule has 5 rings (SSSR count). The average molecular weight is 395 g/mol. The Labute approximate surface area is 173 Å². The summed E-state index contributed by atoms with van der Waals surface area (Å²) in [5.74, 6) is -0.133. The molecule has 0 atom stereocenters. The molecule has 0 saturated carbocycles. The largest absolute Gasteiger partial charge is 0.341 e. The van der Waals surface area contributed by atoms with Gasteiger partial charge in [0.05, 0.1) is 0 Å². The number of hydrogen-bond donors (Lipinski definition) is 1. The predicted molar refractivity (Wildman–Crippen MR) is 121 cm³/mol. The standard InChI is InChI=1S/C25H21N3O2/c1-2-28-23-10-6-4-8-20(23)21-13-18(11-12-24(21)28)26-25(30)15-27-14-17(16-29)19-7-3-5-9-22(19)27/h3-14,16H,2,15H2,1H3,(H,26,30). The van der Waals surface area contributed by atoms with E-state index in [1.165, 1.54) is 10.9 Å². The van der Waals surface area contributed by atoms with Crippen LogP contribution in [0.15, 0.2) is 72.9 Å². The topological polar surface area (TPSA) is 56.0 Å². The van der Waals surface area contributed by atoms with Gasteiger partial charge in [0.25, 0.3) is 0 Å². The maximum Gasteiger partial charge on any atom is 0.244 e. The van der Waals surface area contributed by atoms with Crippen LogP contribution in [-0.2, 0) is 17.9 Å². The third kappa shape index (κ3) is 2.87. The molecule has 0 saturated heterocycles. The molecule has 5 nitrogen and oxygen atoms in total. The Kier molecular flexibility index (Phi) is 4.36. The van der Waals surface area contributed by atoms with Crippen molar-refractivity contribution in [1.29, 1.82) is 0 Å². The van der Waals surface area contributed by atoms with Gasteiger partial charge < -0.3 is 14.5 Å². The highest BCUT2D eigenvalue weighted by molar-refractivity contribution is 6.10. The number of benzene rings is 3. The molecular formula is C25H21N3O2. The first-order valence-electron chi connectivity index (χ1n) is 10.0. The Morgan fingerprint density at radius 1 is 0.900 bits per heavy atom. The summed E-state index contributed by atoms with van der Waals surface area (Å²) in [5.41, 5.74) is 4.57. The van der Waals surface area contributed by atoms with Gasteiger partial charge in [-0.15, -0.1) is 0 Å². The average Bonchev–Trinajstić information content (AvgIpc) is 3.29. The van der Waals surface area contributed by atoms with Gasteiger partial charge in [-0.05, 0) is 37.3 Å². The van der Waals surface area contributed by atoms with E-state index >= 15 is 0 Å². The van der Waals surface area contributed by atoms with Gasteiger partial charge in [-0.1, -0.05) is 36.4 Å². The molecule has 5 aromatic rings. The van der Waals surface area contributed by atoms with Crippen molar-refractivity contribution in [3.05, 3.63) is 78.5 Å². The van der Waals surface area contributed by atoms with Crippen molar-refractivity contribution in [2.45, 2.75) is 20.0 Å². The van der Waals surface area contributed by atoms with Crippen LogP contribution in [0.3, 0.4) is 0 Å². The van der Waals surface area contributed by atoms with Crippen LogP contribution in [-0.4, -0.2) is 21.3 Å². The lowest BCUT2D eigenvalue weighted by atomic mass is 10.1. The first-order chi connectivity index (χ1) is 14.7. The fraction of sp³-hybridized carbons (Fsp3) is 0.120. The molecule has 3 aromatic carbocycles. The summed E-state index contributed by atoms with van der Waals surface area (Å²) in [6.07, 6.45) is 2.56. The fourth-order valence-electron chi connectivity index (χ4n) is 4.33. The van der Waals surface area contributed by atoms with Crippen molar-refractivity contribution < 1.29 is 9.59 Å². The minimum Gasteiger partial charge on any atom is -0.341 e. The lowest BCUT2D eigenvalue weighted by Gasteiger charge is -2.08. The third-order valence-corrected chi connectivity index (χ3v) is 5.63. The molecule has 0 fully saturated rings. The van der Waals surface area contributed by atoms with Gasteiger partial charge >= 0.3 is 0 Å². The first kappa shape index (κ1) is 18.2. The van der Waals surface area contributed by atoms with Crippen molar-refractivity contribution in [1.82, 2.24) is 9.13 Å². The Morgan fingerprint density at radius 2 is 1.60 bits per heavy atom. The van der Waals surface area contributed by atoms with E-state index in [2.05, 4.69) is 35.0 Å². The van der Waals surface area contributed by atoms with Crippen LogP contribution in [0.2, 0.25) is 0 Å². The van der Waals surface area contributed by atoms with Crippen molar-refractivity contribution in [3.63, 3.8) is 0 Å². The van der Waals surface area contributed by atoms with Crippen LogP contribution >= 0.6 is 0 Å². The number of nitrogens with one attached hydrogen (secondary N) is 1. The molecule has 0 aliphatic carbocycles. The summed E-state index contributed by atoms with van der Waals surface area (Å²) in [7, 11) is 0. The summed E-state index contributed by atoms with van der Waals surface area (Å²) >= 11 is 0. The highest BCUT2D eigenvalue weighted by Crippen LogP contribution is 2.31. The zero-order chi connectivity index (χ0) is 20.7. The second kappa shape index (κ2) is 7.19. The summed E-state index contributed by atoms with van der Waals surface area (Å²) in [6.45, 7) is 3.16. The molecule has 148 valence electrons. The van der Waals surface area contributed by atoms with Crippen LogP contribution in [0.4, 0.5) is 5.69 Å². The van der Waals surface area contributed by atoms with Crippen LogP contribution in [0.25, 0.3) is 32.7 Å². The summed E-state index contributed by atoms with van der Waals surface area (Å²) in [6, 6.07) is 22.0. The zero-order valence-corrected chi connectivity index (χ0v) is 16.6. The highest BCUT2D eigenvalue weighted by atomic mass is 16.2. The van der Waals surface area contributed by atoms with Gasteiger partial charge in [-0.2, -0.15) is 0 Å². The molecular weight excluding hydrogens is 374 g/mol. The molecule has 0 spiro atoms. The molecule has 2 heterocycles. The molecule has 5 heteroatoms. The SMILES string of the molecule is CCn1c2ccccc2c2cc(NC(=O)Cn3cc(C=O)c4ccccc43)ccc21. The molecule has 2 aromatic heterocycles. The Hall–Kier alpha value is -3.86. The molecule has 0 aliphatic rings. The van der Waals surface area contributed by atoms with Gasteiger partial charge in [0.2, 0.25) is 5.91 Å². The minimum absolute atomic E-state index is 0.133. The smallest absolute Gasteiger partial charge is 0.244 e. The van der Waals surface area contributed by atoms with Gasteiger partial charge in [0.15, 0.2) is 6.29 Å². The van der Waals surface area contributed by atoms with E-state index in [9.17, 15) is 9.59 Å². The molecule has 1 N–H and O–H groups in total. The Morgan fingerprint density at radius 3 is 2.37 bits per heavy atom. The van der Waals surface area contributed by atoms with E-state index in [1.807, 2.05) is 53.1 Å². The summed E-state index contributed by atoms with van der Waals surface area (Å²) < 4.78 is 4.10. The quantitative estimate of drug-likeness (QED) is 0.415. The van der Waals surface area contributed by atoms with Crippen LogP contribution < -0.4 is 5.32 Å². The maximum atomic E-state index is 12.8. The van der Waals surface area contributed by atoms with Crippen molar-refractivity contribution in [3.8, 4) is 0 Å². The molecule has 1 amide bonds. The minimum atomic E-state index is -0.133. The fourth-order valence-corrected chi connectivity index (χ4v) is 4.33. The monoisotopic (exact) mass is 395 g/mol. The Balaban J connectivity index is 1.47. The highest BCUT2D eigenvalue weighted by Gasteiger charge is 2.13. The van der Waals surface area contributed by atoms with Crippen molar-refractivity contribution in [2.75, 3.05) is 5.32 Å². The number of anilines is 1. The zero-order valence-electron chi connectivity index (χ0n) is 16.6. The summed E-state index contributed by atoms with van der Waals surface area (Å²) in [4.78, 5) is 24.1. The van der Waals surface area contributed by atoms with E-state index in [0.717, 1.165) is 40.3 Å². The van der Waals surface area contributed by atoms with E-state index < -0.39 is 0 Å². The van der Waals surface area contributed by atoms with Crippen LogP contribution in [0.5, 0.6) is 0 Å². The number of carbonyl (C=O) groups is 2. The Bertz CT molecular complexity index is 1420. The number of carbonyl (C=O) groups excluding carboxylic acids is 2. The molecule has 0 bridgehead atoms. The second-order valence-electron chi connectivity index (χ2n) is 7.39. The molecule has 0 aliphatic heterocycles. The number of hydrogen-bond acceptors (Lipinski definition) is 2. The first-order valence-corrected chi connectivity index (χ1v) is 10.0. The third-order valence-electron chi connectivity index (χ3n) is 5.63. The van der Waals surface area contributed by atoms with Crippen molar-refractivity contribution >= 4 is 50.6 Å². The van der Waals surface area contributed by atoms with Crippen LogP contribution in [0.1, 0.15) is 17.3 Å². The molecule has 0 unspecified atom stereocenters. The van der Waals surface area contributed by atoms with E-state index in [-0.39, 0.29) is 12.5 Å². The van der Waals surface area contributed by atoms with Crippen molar-refractivity contribution in [2.24, 2.45) is 0 Å². The van der Waals surface area contributed by atoms with Gasteiger partial charge in [0, 0.05) is 56.7 Å². The van der Waals surface area contributed by atoms with Gasteiger partial charge in [-0.25, -0.2) is 0 Å². The lowest BCUT2D eigenvalue weighted by molar-refractivity contribution is -0.116. The second-order valence-corrected chi connectivity index (χ2v) is 7.39. The van der Waals surface area contributed by atoms with E-state index in [0.29, 0.717) is 5.56 Å². The summed E-state index contributed by atoms with van der Waals surface area (Å²) in [5, 5.41) is 6.17. The van der Waals surface area contributed by atoms with Gasteiger partial charge in [-0.3, -0.25) is 9.59 Å². The number of aldehydes is 1. The lowest BCUT2D eigenvalue weighted by Crippen LogP contribution is -2.18. The van der Waals surface area contributed by atoms with Gasteiger partial charge in [0.1, 0.15) is 6.54 Å².